The second-order valence-electron chi connectivity index (χ2n) is 6.51. The first kappa shape index (κ1) is 23.4. The van der Waals surface area contributed by atoms with Crippen molar-refractivity contribution in [1.29, 1.82) is 0 Å². The van der Waals surface area contributed by atoms with Gasteiger partial charge in [-0.2, -0.15) is 0 Å². The van der Waals surface area contributed by atoms with Crippen molar-refractivity contribution >= 4 is 52.9 Å². The van der Waals surface area contributed by atoms with Gasteiger partial charge in [-0.3, -0.25) is 9.79 Å². The maximum absolute atomic E-state index is 13.1. The molecule has 1 aliphatic heterocycles. The normalized spacial score (nSPS) is 14.3. The highest BCUT2D eigenvalue weighted by atomic mass is 127. The topological polar surface area (TPSA) is 60.0 Å². The Hall–Kier alpha value is -1.88. The van der Waals surface area contributed by atoms with E-state index in [1.807, 2.05) is 29.6 Å². The summed E-state index contributed by atoms with van der Waals surface area (Å²) in [7, 11) is 1.78. The Morgan fingerprint density at radius 2 is 1.79 bits per heavy atom. The molecule has 1 saturated heterocycles. The van der Waals surface area contributed by atoms with E-state index < -0.39 is 0 Å². The monoisotopic (exact) mass is 531 g/mol. The van der Waals surface area contributed by atoms with Crippen LogP contribution in [0.2, 0.25) is 0 Å². The fraction of sp³-hybridized carbons (Fsp3) is 0.400. The molecule has 29 heavy (non-hydrogen) atoms. The summed E-state index contributed by atoms with van der Waals surface area (Å²) in [4.78, 5) is 21.5. The fourth-order valence-corrected chi connectivity index (χ4v) is 3.79. The number of hydrogen-bond acceptors (Lipinski definition) is 4. The summed E-state index contributed by atoms with van der Waals surface area (Å²) in [6.07, 6.45) is 0.825. The van der Waals surface area contributed by atoms with Crippen molar-refractivity contribution in [2.45, 2.75) is 6.42 Å². The van der Waals surface area contributed by atoms with Gasteiger partial charge in [0.25, 0.3) is 5.91 Å². The van der Waals surface area contributed by atoms with Crippen LogP contribution in [0, 0.1) is 5.82 Å². The van der Waals surface area contributed by atoms with Crippen LogP contribution in [0.5, 0.6) is 0 Å². The lowest BCUT2D eigenvalue weighted by Crippen LogP contribution is -2.52. The van der Waals surface area contributed by atoms with Gasteiger partial charge >= 0.3 is 0 Å². The molecule has 0 radical (unpaired) electrons. The Bertz CT molecular complexity index is 777. The number of guanidine groups is 1. The van der Waals surface area contributed by atoms with Gasteiger partial charge in [0.15, 0.2) is 5.96 Å². The second-order valence-corrected chi connectivity index (χ2v) is 7.46. The molecule has 3 rings (SSSR count). The third-order valence-corrected chi connectivity index (χ3v) is 5.52. The Morgan fingerprint density at radius 1 is 1.10 bits per heavy atom. The fourth-order valence-electron chi connectivity index (χ4n) is 3.15. The number of aliphatic imine (C=N–C) groups is 1. The number of anilines is 1. The minimum atomic E-state index is -0.210. The molecule has 1 fully saturated rings. The number of thiophene rings is 1. The molecule has 2 N–H and O–H groups in total. The third kappa shape index (κ3) is 6.84. The lowest BCUT2D eigenvalue weighted by atomic mass is 10.2. The molecule has 1 amide bonds. The molecule has 6 nitrogen and oxygen atoms in total. The first-order valence-electron chi connectivity index (χ1n) is 9.45. The Kier molecular flexibility index (Phi) is 9.65. The van der Waals surface area contributed by atoms with Crippen molar-refractivity contribution in [3.05, 3.63) is 52.5 Å². The van der Waals surface area contributed by atoms with Crippen molar-refractivity contribution in [3.63, 3.8) is 0 Å². The highest BCUT2D eigenvalue weighted by Gasteiger charge is 2.19. The van der Waals surface area contributed by atoms with Crippen molar-refractivity contribution in [3.8, 4) is 0 Å². The van der Waals surface area contributed by atoms with Crippen LogP contribution < -0.4 is 15.5 Å². The number of rotatable bonds is 6. The predicted octanol–water partition coefficient (Wildman–Crippen LogP) is 3.02. The van der Waals surface area contributed by atoms with E-state index in [1.165, 1.54) is 23.5 Å². The molecule has 2 heterocycles. The summed E-state index contributed by atoms with van der Waals surface area (Å²) >= 11 is 1.45. The van der Waals surface area contributed by atoms with E-state index >= 15 is 0 Å². The average molecular weight is 531 g/mol. The Balaban J connectivity index is 0.00000300. The van der Waals surface area contributed by atoms with Gasteiger partial charge in [-0.25, -0.2) is 4.39 Å². The van der Waals surface area contributed by atoms with E-state index in [0.29, 0.717) is 6.54 Å². The summed E-state index contributed by atoms with van der Waals surface area (Å²) < 4.78 is 13.1. The lowest BCUT2D eigenvalue weighted by Gasteiger charge is -2.37. The molecule has 2 aromatic rings. The maximum atomic E-state index is 13.1. The molecule has 1 aromatic heterocycles. The largest absolute Gasteiger partial charge is 0.368 e. The first-order valence-corrected chi connectivity index (χ1v) is 10.3. The van der Waals surface area contributed by atoms with Crippen LogP contribution >= 0.6 is 35.3 Å². The molecule has 0 unspecified atom stereocenters. The quantitative estimate of drug-likeness (QED) is 0.261. The summed E-state index contributed by atoms with van der Waals surface area (Å²) in [5.41, 5.74) is 1.05. The summed E-state index contributed by atoms with van der Waals surface area (Å²) in [5, 5.41) is 8.20. The number of nitrogens with one attached hydrogen (secondary N) is 2. The van der Waals surface area contributed by atoms with Crippen LogP contribution in [0.4, 0.5) is 10.1 Å². The van der Waals surface area contributed by atoms with Crippen LogP contribution in [0.3, 0.4) is 0 Å². The molecule has 0 atom stereocenters. The number of piperazine rings is 1. The average Bonchev–Trinajstić information content (AvgIpc) is 3.26. The zero-order valence-electron chi connectivity index (χ0n) is 16.4. The van der Waals surface area contributed by atoms with Crippen molar-refractivity contribution in [2.75, 3.05) is 51.2 Å². The SMILES string of the molecule is CN=C(NCCCNC(=O)c1cccs1)N1CCN(c2ccc(F)cc2)CC1.I. The molecule has 1 aliphatic rings. The van der Waals surface area contributed by atoms with Crippen LogP contribution in [0.15, 0.2) is 46.8 Å². The molecule has 0 spiro atoms. The van der Waals surface area contributed by atoms with Crippen molar-refractivity contribution < 1.29 is 9.18 Å². The number of carbonyl (C=O) groups excluding carboxylic acids is 1. The number of nitrogens with zero attached hydrogens (tertiary/aromatic N) is 3. The number of amides is 1. The summed E-state index contributed by atoms with van der Waals surface area (Å²) in [6.45, 7) is 4.80. The molecule has 158 valence electrons. The van der Waals surface area contributed by atoms with E-state index in [-0.39, 0.29) is 35.7 Å². The van der Waals surface area contributed by atoms with Gasteiger partial charge < -0.3 is 20.4 Å². The van der Waals surface area contributed by atoms with Crippen LogP contribution in [-0.4, -0.2) is 63.1 Å². The van der Waals surface area contributed by atoms with E-state index in [4.69, 9.17) is 0 Å². The van der Waals surface area contributed by atoms with Crippen LogP contribution in [0.25, 0.3) is 0 Å². The van der Waals surface area contributed by atoms with Gasteiger partial charge in [-0.05, 0) is 42.1 Å². The summed E-state index contributed by atoms with van der Waals surface area (Å²) in [6, 6.07) is 10.3. The van der Waals surface area contributed by atoms with E-state index in [0.717, 1.165) is 55.7 Å². The predicted molar refractivity (Wildman–Crippen MR) is 128 cm³/mol. The lowest BCUT2D eigenvalue weighted by molar-refractivity contribution is 0.0957. The molecule has 0 bridgehead atoms. The molecule has 0 saturated carbocycles. The van der Waals surface area contributed by atoms with E-state index in [1.54, 1.807) is 7.05 Å². The second kappa shape index (κ2) is 12.0. The highest BCUT2D eigenvalue weighted by molar-refractivity contribution is 14.0. The maximum Gasteiger partial charge on any atom is 0.261 e. The van der Waals surface area contributed by atoms with Crippen LogP contribution in [0.1, 0.15) is 16.1 Å². The van der Waals surface area contributed by atoms with Gasteiger partial charge in [-0.1, -0.05) is 6.07 Å². The Labute approximate surface area is 192 Å². The van der Waals surface area contributed by atoms with Gasteiger partial charge in [-0.15, -0.1) is 35.3 Å². The molecule has 9 heteroatoms. The third-order valence-electron chi connectivity index (χ3n) is 4.65. The minimum absolute atomic E-state index is 0. The molecular formula is C20H27FIN5OS. The number of carbonyl (C=O) groups is 1. The smallest absolute Gasteiger partial charge is 0.261 e. The molecule has 1 aromatic carbocycles. The zero-order chi connectivity index (χ0) is 19.8. The highest BCUT2D eigenvalue weighted by Crippen LogP contribution is 2.17. The number of hydrogen-bond donors (Lipinski definition) is 2. The van der Waals surface area contributed by atoms with E-state index in [9.17, 15) is 9.18 Å². The minimum Gasteiger partial charge on any atom is -0.368 e. The van der Waals surface area contributed by atoms with Gasteiger partial charge in [0.05, 0.1) is 4.88 Å². The zero-order valence-corrected chi connectivity index (χ0v) is 19.6. The summed E-state index contributed by atoms with van der Waals surface area (Å²) in [5.74, 6) is 0.651. The molecule has 0 aliphatic carbocycles. The van der Waals surface area contributed by atoms with Gasteiger partial charge in [0.1, 0.15) is 5.82 Å². The van der Waals surface area contributed by atoms with Gasteiger partial charge in [0.2, 0.25) is 0 Å². The first-order chi connectivity index (χ1) is 13.7. The van der Waals surface area contributed by atoms with E-state index in [2.05, 4.69) is 25.4 Å². The number of halogens is 2. The van der Waals surface area contributed by atoms with Crippen LogP contribution in [-0.2, 0) is 0 Å². The van der Waals surface area contributed by atoms with Crippen molar-refractivity contribution in [1.82, 2.24) is 15.5 Å². The Morgan fingerprint density at radius 3 is 2.41 bits per heavy atom. The molecular weight excluding hydrogens is 504 g/mol. The number of benzene rings is 1. The standard InChI is InChI=1S/C20H26FN5OS.HI/c1-22-20(24-10-3-9-23-19(27)18-4-2-15-28-18)26-13-11-25(12-14-26)17-7-5-16(21)6-8-17;/h2,4-8,15H,3,9-14H2,1H3,(H,22,24)(H,23,27);1H. The van der Waals surface area contributed by atoms with Gasteiger partial charge in [0, 0.05) is 52.0 Å². The van der Waals surface area contributed by atoms with Crippen molar-refractivity contribution in [2.24, 2.45) is 4.99 Å².